The van der Waals surface area contributed by atoms with Crippen molar-refractivity contribution in [3.63, 3.8) is 0 Å². The summed E-state index contributed by atoms with van der Waals surface area (Å²) in [7, 11) is 1.16. The minimum atomic E-state index is -4.53. The molecule has 0 amide bonds. The van der Waals surface area contributed by atoms with E-state index in [4.69, 9.17) is 0 Å². The Morgan fingerprint density at radius 1 is 1.25 bits per heavy atom. The summed E-state index contributed by atoms with van der Waals surface area (Å²) in [6.45, 7) is 3.66. The van der Waals surface area contributed by atoms with Gasteiger partial charge < -0.3 is 4.74 Å². The number of esters is 1. The lowest BCUT2D eigenvalue weighted by Crippen LogP contribution is -2.48. The van der Waals surface area contributed by atoms with Gasteiger partial charge in [0.15, 0.2) is 0 Å². The van der Waals surface area contributed by atoms with E-state index in [2.05, 4.69) is 10.1 Å². The van der Waals surface area contributed by atoms with E-state index in [0.717, 1.165) is 13.2 Å². The molecule has 0 aliphatic carbocycles. The molecule has 6 heteroatoms. The summed E-state index contributed by atoms with van der Waals surface area (Å²) in [6.07, 6.45) is -3.85. The van der Waals surface area contributed by atoms with Crippen LogP contribution in [0, 0.1) is 0 Å². The molecule has 1 unspecified atom stereocenters. The van der Waals surface area contributed by atoms with Crippen molar-refractivity contribution in [3.8, 4) is 0 Å². The Balaban J connectivity index is 3.38. The molecule has 1 rings (SSSR count). The molecule has 0 aliphatic heterocycles. The fourth-order valence-corrected chi connectivity index (χ4v) is 2.02. The third kappa shape index (κ3) is 3.30. The van der Waals surface area contributed by atoms with Crippen LogP contribution in [-0.4, -0.2) is 19.6 Å². The number of carbonyl (C=O) groups is 1. The molecule has 0 saturated carbocycles. The molecule has 20 heavy (non-hydrogen) atoms. The van der Waals surface area contributed by atoms with Crippen molar-refractivity contribution in [1.29, 1.82) is 0 Å². The first-order valence-corrected chi connectivity index (χ1v) is 6.27. The molecule has 0 aromatic heterocycles. The number of ether oxygens (including phenoxy) is 1. The first-order chi connectivity index (χ1) is 9.27. The Bertz CT molecular complexity index is 474. The first-order valence-electron chi connectivity index (χ1n) is 6.27. The lowest BCUT2D eigenvalue weighted by molar-refractivity contribution is -0.150. The van der Waals surface area contributed by atoms with Gasteiger partial charge in [0.1, 0.15) is 5.54 Å². The van der Waals surface area contributed by atoms with E-state index in [1.807, 2.05) is 6.92 Å². The predicted octanol–water partition coefficient (Wildman–Crippen LogP) is 3.09. The Labute approximate surface area is 116 Å². The van der Waals surface area contributed by atoms with Crippen molar-refractivity contribution in [2.75, 3.05) is 13.7 Å². The standard InChI is InChI=1S/C14H18F3NO2/c1-4-9-18-13(2,12(19)20-3)10-7-5-6-8-11(10)14(15,16)17/h5-8,18H,4,9H2,1-3H3. The molecule has 1 N–H and O–H groups in total. The zero-order valence-corrected chi connectivity index (χ0v) is 11.7. The molecule has 1 aromatic rings. The molecule has 0 fully saturated rings. The van der Waals surface area contributed by atoms with E-state index in [9.17, 15) is 18.0 Å². The first kappa shape index (κ1) is 16.5. The molecule has 0 saturated heterocycles. The van der Waals surface area contributed by atoms with E-state index < -0.39 is 23.2 Å². The van der Waals surface area contributed by atoms with E-state index in [-0.39, 0.29) is 5.56 Å². The van der Waals surface area contributed by atoms with Crippen LogP contribution in [-0.2, 0) is 21.2 Å². The molecule has 0 radical (unpaired) electrons. The fourth-order valence-electron chi connectivity index (χ4n) is 2.02. The van der Waals surface area contributed by atoms with Crippen LogP contribution in [0.5, 0.6) is 0 Å². The Kier molecular flexibility index (Phi) is 5.16. The molecule has 3 nitrogen and oxygen atoms in total. The van der Waals surface area contributed by atoms with Crippen LogP contribution < -0.4 is 5.32 Å². The number of benzene rings is 1. The SMILES string of the molecule is CCCNC(C)(C(=O)OC)c1ccccc1C(F)(F)F. The fraction of sp³-hybridized carbons (Fsp3) is 0.500. The number of hydrogen-bond donors (Lipinski definition) is 1. The Hall–Kier alpha value is -1.56. The largest absolute Gasteiger partial charge is 0.467 e. The smallest absolute Gasteiger partial charge is 0.416 e. The van der Waals surface area contributed by atoms with Gasteiger partial charge in [-0.1, -0.05) is 25.1 Å². The Morgan fingerprint density at radius 3 is 2.25 bits per heavy atom. The maximum Gasteiger partial charge on any atom is 0.416 e. The highest BCUT2D eigenvalue weighted by Gasteiger charge is 2.43. The number of halogens is 3. The highest BCUT2D eigenvalue weighted by atomic mass is 19.4. The van der Waals surface area contributed by atoms with E-state index in [1.54, 1.807) is 0 Å². The van der Waals surface area contributed by atoms with Crippen LogP contribution in [0.25, 0.3) is 0 Å². The second kappa shape index (κ2) is 6.26. The van der Waals surface area contributed by atoms with Gasteiger partial charge in [-0.25, -0.2) is 4.79 Å². The minimum Gasteiger partial charge on any atom is -0.467 e. The van der Waals surface area contributed by atoms with Gasteiger partial charge in [0, 0.05) is 0 Å². The normalized spacial score (nSPS) is 14.7. The number of nitrogens with one attached hydrogen (secondary N) is 1. The third-order valence-electron chi connectivity index (χ3n) is 3.09. The molecular formula is C14H18F3NO2. The van der Waals surface area contributed by atoms with Crippen LogP contribution >= 0.6 is 0 Å². The number of hydrogen-bond acceptors (Lipinski definition) is 3. The summed E-state index contributed by atoms with van der Waals surface area (Å²) in [5, 5.41) is 2.85. The molecule has 1 atom stereocenters. The quantitative estimate of drug-likeness (QED) is 0.847. The van der Waals surface area contributed by atoms with E-state index >= 15 is 0 Å². The topological polar surface area (TPSA) is 38.3 Å². The van der Waals surface area contributed by atoms with Crippen LogP contribution in [0.15, 0.2) is 24.3 Å². The van der Waals surface area contributed by atoms with Crippen molar-refractivity contribution < 1.29 is 22.7 Å². The average molecular weight is 289 g/mol. The molecule has 0 aliphatic rings. The van der Waals surface area contributed by atoms with Crippen LogP contribution in [0.3, 0.4) is 0 Å². The summed E-state index contributed by atoms with van der Waals surface area (Å²) in [5.74, 6) is -0.748. The zero-order valence-electron chi connectivity index (χ0n) is 11.7. The maximum atomic E-state index is 13.1. The number of carbonyl (C=O) groups excluding carboxylic acids is 1. The lowest BCUT2D eigenvalue weighted by Gasteiger charge is -2.30. The van der Waals surface area contributed by atoms with E-state index in [0.29, 0.717) is 13.0 Å². The van der Waals surface area contributed by atoms with Crippen molar-refractivity contribution >= 4 is 5.97 Å². The molecule has 0 heterocycles. The van der Waals surface area contributed by atoms with Gasteiger partial charge in [-0.15, -0.1) is 0 Å². The van der Waals surface area contributed by atoms with E-state index in [1.165, 1.54) is 25.1 Å². The summed E-state index contributed by atoms with van der Waals surface area (Å²) in [5.41, 5.74) is -2.50. The highest BCUT2D eigenvalue weighted by molar-refractivity contribution is 5.82. The van der Waals surface area contributed by atoms with Gasteiger partial charge in [0.25, 0.3) is 0 Å². The summed E-state index contributed by atoms with van der Waals surface area (Å²) in [4.78, 5) is 12.0. The maximum absolute atomic E-state index is 13.1. The van der Waals surface area contributed by atoms with Crippen LogP contribution in [0.4, 0.5) is 13.2 Å². The van der Waals surface area contributed by atoms with Gasteiger partial charge in [-0.3, -0.25) is 5.32 Å². The number of alkyl halides is 3. The molecular weight excluding hydrogens is 271 g/mol. The minimum absolute atomic E-state index is 0.132. The summed E-state index contributed by atoms with van der Waals surface area (Å²) < 4.78 is 43.9. The average Bonchev–Trinajstić information content (AvgIpc) is 2.42. The molecule has 112 valence electrons. The van der Waals surface area contributed by atoms with Crippen molar-refractivity contribution in [2.24, 2.45) is 0 Å². The van der Waals surface area contributed by atoms with Crippen LogP contribution in [0.2, 0.25) is 0 Å². The second-order valence-corrected chi connectivity index (χ2v) is 4.59. The second-order valence-electron chi connectivity index (χ2n) is 4.59. The Morgan fingerprint density at radius 2 is 1.80 bits per heavy atom. The van der Waals surface area contributed by atoms with Gasteiger partial charge in [-0.05, 0) is 31.5 Å². The van der Waals surface area contributed by atoms with Crippen LogP contribution in [0.1, 0.15) is 31.4 Å². The predicted molar refractivity (Wildman–Crippen MR) is 69.1 cm³/mol. The van der Waals surface area contributed by atoms with Gasteiger partial charge in [-0.2, -0.15) is 13.2 Å². The molecule has 0 spiro atoms. The summed E-state index contributed by atoms with van der Waals surface area (Å²) >= 11 is 0. The zero-order chi connectivity index (χ0) is 15.4. The van der Waals surface area contributed by atoms with Gasteiger partial charge in [0.05, 0.1) is 12.7 Å². The number of rotatable bonds is 5. The summed E-state index contributed by atoms with van der Waals surface area (Å²) in [6, 6.07) is 5.02. The monoisotopic (exact) mass is 289 g/mol. The number of methoxy groups -OCH3 is 1. The highest BCUT2D eigenvalue weighted by Crippen LogP contribution is 2.37. The lowest BCUT2D eigenvalue weighted by atomic mass is 9.87. The van der Waals surface area contributed by atoms with Crippen molar-refractivity contribution in [1.82, 2.24) is 5.32 Å². The molecule has 1 aromatic carbocycles. The van der Waals surface area contributed by atoms with Crippen molar-refractivity contribution in [2.45, 2.75) is 32.0 Å². The third-order valence-corrected chi connectivity index (χ3v) is 3.09. The van der Waals surface area contributed by atoms with Crippen molar-refractivity contribution in [3.05, 3.63) is 35.4 Å². The van der Waals surface area contributed by atoms with Gasteiger partial charge >= 0.3 is 12.1 Å². The molecule has 0 bridgehead atoms. The van der Waals surface area contributed by atoms with Gasteiger partial charge in [0.2, 0.25) is 0 Å².